The number of halogens is 1. The van der Waals surface area contributed by atoms with Crippen LogP contribution in [0.5, 0.6) is 0 Å². The minimum absolute atomic E-state index is 0.813. The van der Waals surface area contributed by atoms with E-state index < -0.39 is 0 Å². The summed E-state index contributed by atoms with van der Waals surface area (Å²) in [6, 6.07) is 76.2. The molecule has 0 fully saturated rings. The van der Waals surface area contributed by atoms with Gasteiger partial charge in [-0.3, -0.25) is 0 Å². The molecule has 2 aromatic heterocycles. The largest absolute Gasteiger partial charge is 0.456 e. The van der Waals surface area contributed by atoms with Crippen LogP contribution in [0, 0.1) is 0 Å². The van der Waals surface area contributed by atoms with Crippen LogP contribution in [0.3, 0.4) is 0 Å². The molecular formula is C56H35BrN2O. The summed E-state index contributed by atoms with van der Waals surface area (Å²) in [6.45, 7) is 0. The molecule has 0 atom stereocenters. The van der Waals surface area contributed by atoms with Gasteiger partial charge in [0.25, 0.3) is 0 Å². The second kappa shape index (κ2) is 13.9. The predicted octanol–water partition coefficient (Wildman–Crippen LogP) is 16.6. The smallest absolute Gasteiger partial charge is 0.139 e. The lowest BCUT2D eigenvalue weighted by Gasteiger charge is -2.29. The molecule has 0 bridgehead atoms. The number of anilines is 3. The second-order valence-corrected chi connectivity index (χ2v) is 16.2. The van der Waals surface area contributed by atoms with E-state index in [9.17, 15) is 0 Å². The van der Waals surface area contributed by atoms with E-state index in [0.717, 1.165) is 71.3 Å². The van der Waals surface area contributed by atoms with Crippen LogP contribution in [0.25, 0.3) is 93.2 Å². The predicted molar refractivity (Wildman–Crippen MR) is 256 cm³/mol. The average molecular weight is 832 g/mol. The Labute approximate surface area is 355 Å². The Morgan fingerprint density at radius 3 is 1.57 bits per heavy atom. The van der Waals surface area contributed by atoms with Crippen molar-refractivity contribution in [2.24, 2.45) is 0 Å². The number of fused-ring (bicyclic) bond motifs is 9. The topological polar surface area (TPSA) is 21.3 Å². The molecule has 2 heterocycles. The van der Waals surface area contributed by atoms with Crippen molar-refractivity contribution in [2.45, 2.75) is 0 Å². The molecule has 12 aromatic rings. The first-order valence-corrected chi connectivity index (χ1v) is 21.1. The number of hydrogen-bond acceptors (Lipinski definition) is 2. The van der Waals surface area contributed by atoms with E-state index in [1.807, 2.05) is 6.07 Å². The fraction of sp³-hybridized carbons (Fsp3) is 0. The van der Waals surface area contributed by atoms with Crippen molar-refractivity contribution < 1.29 is 4.42 Å². The normalized spacial score (nSPS) is 11.8. The molecule has 3 nitrogen and oxygen atoms in total. The maximum absolute atomic E-state index is 6.87. The van der Waals surface area contributed by atoms with Gasteiger partial charge >= 0.3 is 0 Å². The number of benzene rings is 10. The van der Waals surface area contributed by atoms with Crippen LogP contribution in [0.2, 0.25) is 0 Å². The summed E-state index contributed by atoms with van der Waals surface area (Å²) in [4.78, 5) is 2.39. The van der Waals surface area contributed by atoms with E-state index >= 15 is 0 Å². The maximum Gasteiger partial charge on any atom is 0.139 e. The Morgan fingerprint density at radius 2 is 0.917 bits per heavy atom. The van der Waals surface area contributed by atoms with Gasteiger partial charge in [-0.05, 0) is 108 Å². The van der Waals surface area contributed by atoms with Crippen LogP contribution < -0.4 is 4.90 Å². The molecule has 12 rings (SSSR count). The molecule has 282 valence electrons. The van der Waals surface area contributed by atoms with Crippen molar-refractivity contribution in [3.05, 3.63) is 217 Å². The van der Waals surface area contributed by atoms with Crippen molar-refractivity contribution in [3.8, 4) is 27.9 Å². The molecule has 0 unspecified atom stereocenters. The van der Waals surface area contributed by atoms with Crippen LogP contribution in [0.15, 0.2) is 221 Å². The number of nitrogens with zero attached hydrogens (tertiary/aromatic N) is 2. The van der Waals surface area contributed by atoms with Gasteiger partial charge in [-0.25, -0.2) is 0 Å². The van der Waals surface area contributed by atoms with Gasteiger partial charge in [0.1, 0.15) is 11.2 Å². The van der Waals surface area contributed by atoms with Crippen LogP contribution in [-0.4, -0.2) is 4.57 Å². The fourth-order valence-electron chi connectivity index (χ4n) is 9.21. The summed E-state index contributed by atoms with van der Waals surface area (Å²) >= 11 is 4.36. The second-order valence-electron chi connectivity index (χ2n) is 15.4. The van der Waals surface area contributed by atoms with E-state index in [4.69, 9.17) is 4.42 Å². The molecule has 0 N–H and O–H groups in total. The Kier molecular flexibility index (Phi) is 8.00. The standard InChI is InChI=1S/C56H35BrN2O/c57-55-50(59-48-32-27-40-17-9-10-20-45(40)53(48)47-33-41-18-7-8-19-42(41)34-49(47)59)35-52-54(46-21-11-12-22-51(46)60-52)56(55)58(43-28-23-38(24-29-43)36-13-3-1-4-14-36)44-30-25-39(26-31-44)37-15-5-2-6-16-37/h1-35H. The van der Waals surface area contributed by atoms with Crippen molar-refractivity contribution in [1.29, 1.82) is 0 Å². The molecule has 0 aliphatic heterocycles. The highest BCUT2D eigenvalue weighted by molar-refractivity contribution is 9.10. The van der Waals surface area contributed by atoms with Crippen LogP contribution in [0.4, 0.5) is 17.1 Å². The molecule has 60 heavy (non-hydrogen) atoms. The first-order chi connectivity index (χ1) is 29.7. The Hall–Kier alpha value is -7.40. The van der Waals surface area contributed by atoms with Crippen LogP contribution in [-0.2, 0) is 0 Å². The van der Waals surface area contributed by atoms with Gasteiger partial charge in [-0.15, -0.1) is 0 Å². The molecular weight excluding hydrogens is 797 g/mol. The monoisotopic (exact) mass is 830 g/mol. The summed E-state index contributed by atoms with van der Waals surface area (Å²) in [7, 11) is 0. The van der Waals surface area contributed by atoms with Crippen molar-refractivity contribution >= 4 is 98.3 Å². The Morgan fingerprint density at radius 1 is 0.383 bits per heavy atom. The number of para-hydroxylation sites is 1. The summed E-state index contributed by atoms with van der Waals surface area (Å²) in [5.74, 6) is 0. The molecule has 0 amide bonds. The highest BCUT2D eigenvalue weighted by Crippen LogP contribution is 2.51. The lowest BCUT2D eigenvalue weighted by molar-refractivity contribution is 0.668. The third-order valence-corrected chi connectivity index (χ3v) is 12.8. The maximum atomic E-state index is 6.87. The number of furan rings is 1. The average Bonchev–Trinajstić information content (AvgIpc) is 3.85. The molecule has 0 saturated heterocycles. The Bertz CT molecular complexity index is 3510. The zero-order valence-corrected chi connectivity index (χ0v) is 34.0. The lowest BCUT2D eigenvalue weighted by atomic mass is 10.0. The van der Waals surface area contributed by atoms with Gasteiger partial charge in [0.15, 0.2) is 0 Å². The lowest BCUT2D eigenvalue weighted by Crippen LogP contribution is -2.12. The van der Waals surface area contributed by atoms with E-state index in [0.29, 0.717) is 0 Å². The van der Waals surface area contributed by atoms with Crippen molar-refractivity contribution in [2.75, 3.05) is 4.90 Å². The van der Waals surface area contributed by atoms with Gasteiger partial charge in [0, 0.05) is 33.6 Å². The van der Waals surface area contributed by atoms with Gasteiger partial charge in [-0.2, -0.15) is 0 Å². The van der Waals surface area contributed by atoms with E-state index in [1.54, 1.807) is 0 Å². The highest BCUT2D eigenvalue weighted by atomic mass is 79.9. The molecule has 4 heteroatoms. The van der Waals surface area contributed by atoms with E-state index in [1.165, 1.54) is 43.4 Å². The fourth-order valence-corrected chi connectivity index (χ4v) is 9.88. The van der Waals surface area contributed by atoms with Crippen LogP contribution >= 0.6 is 15.9 Å². The molecule has 0 saturated carbocycles. The zero-order valence-electron chi connectivity index (χ0n) is 32.4. The molecule has 0 radical (unpaired) electrons. The third-order valence-electron chi connectivity index (χ3n) is 12.0. The first-order valence-electron chi connectivity index (χ1n) is 20.3. The number of hydrogen-bond donors (Lipinski definition) is 0. The van der Waals surface area contributed by atoms with Gasteiger partial charge in [0.2, 0.25) is 0 Å². The molecule has 0 aliphatic rings. The van der Waals surface area contributed by atoms with Gasteiger partial charge in [-0.1, -0.05) is 158 Å². The van der Waals surface area contributed by atoms with Crippen molar-refractivity contribution in [1.82, 2.24) is 4.57 Å². The zero-order chi connectivity index (χ0) is 39.7. The minimum Gasteiger partial charge on any atom is -0.456 e. The quantitative estimate of drug-likeness (QED) is 0.166. The summed E-state index contributed by atoms with van der Waals surface area (Å²) < 4.78 is 10.3. The molecule has 0 spiro atoms. The number of aromatic nitrogens is 1. The summed E-state index contributed by atoms with van der Waals surface area (Å²) in [5.41, 5.74) is 12.7. The van der Waals surface area contributed by atoms with E-state index in [-0.39, 0.29) is 0 Å². The van der Waals surface area contributed by atoms with Gasteiger partial charge < -0.3 is 13.9 Å². The SMILES string of the molecule is Brc1c(-n2c3cc4ccccc4cc3c3c4ccccc4ccc32)cc2oc3ccccc3c2c1N(c1ccc(-c2ccccc2)cc1)c1ccc(-c2ccccc2)cc1. The van der Waals surface area contributed by atoms with Crippen LogP contribution in [0.1, 0.15) is 0 Å². The molecule has 10 aromatic carbocycles. The minimum atomic E-state index is 0.813. The number of rotatable bonds is 6. The summed E-state index contributed by atoms with van der Waals surface area (Å²) in [6.07, 6.45) is 0. The summed E-state index contributed by atoms with van der Waals surface area (Å²) in [5, 5.41) is 9.40. The molecule has 0 aliphatic carbocycles. The Balaban J connectivity index is 1.18. The van der Waals surface area contributed by atoms with Gasteiger partial charge in [0.05, 0.1) is 32.3 Å². The third kappa shape index (κ3) is 5.49. The highest BCUT2D eigenvalue weighted by Gasteiger charge is 2.27. The van der Waals surface area contributed by atoms with E-state index in [2.05, 4.69) is 232 Å². The van der Waals surface area contributed by atoms with Crippen molar-refractivity contribution in [3.63, 3.8) is 0 Å². The first kappa shape index (κ1) is 34.6.